The topological polar surface area (TPSA) is 38.7 Å². The lowest BCUT2D eigenvalue weighted by Crippen LogP contribution is -2.19. The summed E-state index contributed by atoms with van der Waals surface area (Å²) in [6.45, 7) is 1.82. The number of para-hydroxylation sites is 1. The number of hydrogen-bond acceptors (Lipinski definition) is 3. The highest BCUT2D eigenvalue weighted by Gasteiger charge is 2.32. The lowest BCUT2D eigenvalue weighted by molar-refractivity contribution is -0.275. The molecule has 0 spiro atoms. The Morgan fingerprint density at radius 2 is 1.84 bits per heavy atom. The van der Waals surface area contributed by atoms with E-state index in [1.54, 1.807) is 6.07 Å². The van der Waals surface area contributed by atoms with Crippen molar-refractivity contribution in [3.8, 4) is 5.75 Å². The smallest absolute Gasteiger partial charge is 0.405 e. The van der Waals surface area contributed by atoms with Crippen LogP contribution in [0.5, 0.6) is 5.75 Å². The van der Waals surface area contributed by atoms with Gasteiger partial charge in [0.15, 0.2) is 0 Å². The number of alkyl halides is 3. The average molecular weight is 278 g/mol. The predicted octanol–water partition coefficient (Wildman–Crippen LogP) is 3.43. The molecule has 0 saturated heterocycles. The molecule has 0 amide bonds. The van der Waals surface area contributed by atoms with Gasteiger partial charge >= 0.3 is 6.36 Å². The molecule has 19 heavy (non-hydrogen) atoms. The zero-order valence-electron chi connectivity index (χ0n) is 10.8. The van der Waals surface area contributed by atoms with Gasteiger partial charge in [-0.1, -0.05) is 18.2 Å². The van der Waals surface area contributed by atoms with Gasteiger partial charge < -0.3 is 14.6 Å². The van der Waals surface area contributed by atoms with Crippen LogP contribution in [-0.2, 0) is 4.74 Å². The summed E-state index contributed by atoms with van der Waals surface area (Å²) in [5.74, 6) is -0.368. The van der Waals surface area contributed by atoms with Crippen LogP contribution in [0.3, 0.4) is 0 Å². The third-order valence-corrected chi connectivity index (χ3v) is 2.75. The van der Waals surface area contributed by atoms with Crippen molar-refractivity contribution in [1.29, 1.82) is 0 Å². The Bertz CT molecular complexity index is 393. The van der Waals surface area contributed by atoms with Crippen LogP contribution in [0.1, 0.15) is 31.4 Å². The fourth-order valence-corrected chi connectivity index (χ4v) is 1.64. The predicted molar refractivity (Wildman–Crippen MR) is 63.8 cm³/mol. The van der Waals surface area contributed by atoms with Crippen molar-refractivity contribution in [3.05, 3.63) is 29.8 Å². The normalized spacial score (nSPS) is 15.1. The number of methoxy groups -OCH3 is 1. The number of halogens is 3. The summed E-state index contributed by atoms with van der Waals surface area (Å²) < 4.78 is 45.6. The van der Waals surface area contributed by atoms with E-state index in [1.807, 2.05) is 6.92 Å². The number of hydrogen-bond donors (Lipinski definition) is 1. The van der Waals surface area contributed by atoms with Crippen molar-refractivity contribution < 1.29 is 27.8 Å². The first-order valence-electron chi connectivity index (χ1n) is 5.89. The molecule has 0 aromatic heterocycles. The van der Waals surface area contributed by atoms with Gasteiger partial charge in [-0.3, -0.25) is 0 Å². The van der Waals surface area contributed by atoms with Crippen LogP contribution in [0.25, 0.3) is 0 Å². The fraction of sp³-hybridized carbons (Fsp3) is 0.538. The Labute approximate surface area is 110 Å². The molecule has 0 saturated carbocycles. The molecule has 0 fully saturated rings. The quantitative estimate of drug-likeness (QED) is 0.866. The highest BCUT2D eigenvalue weighted by molar-refractivity contribution is 5.35. The number of aliphatic hydroxyl groups is 1. The number of aliphatic hydroxyl groups excluding tert-OH is 1. The van der Waals surface area contributed by atoms with Crippen molar-refractivity contribution in [1.82, 2.24) is 0 Å². The summed E-state index contributed by atoms with van der Waals surface area (Å²) >= 11 is 0. The molecule has 0 radical (unpaired) electrons. The minimum Gasteiger partial charge on any atom is -0.405 e. The van der Waals surface area contributed by atoms with Gasteiger partial charge in [0.05, 0.1) is 12.2 Å². The minimum absolute atomic E-state index is 0.0645. The highest BCUT2D eigenvalue weighted by Crippen LogP contribution is 2.32. The number of benzene rings is 1. The van der Waals surface area contributed by atoms with Gasteiger partial charge in [-0.05, 0) is 25.8 Å². The average Bonchev–Trinajstić information content (AvgIpc) is 2.34. The molecule has 3 nitrogen and oxygen atoms in total. The SMILES string of the molecule is COC(C)CCC(O)c1ccccc1OC(F)(F)F. The fourth-order valence-electron chi connectivity index (χ4n) is 1.64. The van der Waals surface area contributed by atoms with Gasteiger partial charge in [-0.25, -0.2) is 0 Å². The maximum absolute atomic E-state index is 12.2. The second-order valence-electron chi connectivity index (χ2n) is 4.23. The van der Waals surface area contributed by atoms with Crippen LogP contribution >= 0.6 is 0 Å². The summed E-state index contributed by atoms with van der Waals surface area (Å²) in [5.41, 5.74) is 0.128. The van der Waals surface area contributed by atoms with E-state index in [0.29, 0.717) is 12.8 Å². The standard InChI is InChI=1S/C13H17F3O3/c1-9(18-2)7-8-11(17)10-5-3-4-6-12(10)19-13(14,15)16/h3-6,9,11,17H,7-8H2,1-2H3. The summed E-state index contributed by atoms with van der Waals surface area (Å²) in [7, 11) is 1.54. The molecule has 1 aromatic carbocycles. The third kappa shape index (κ3) is 5.48. The van der Waals surface area contributed by atoms with Crippen molar-refractivity contribution in [2.75, 3.05) is 7.11 Å². The van der Waals surface area contributed by atoms with E-state index in [1.165, 1.54) is 25.3 Å². The molecule has 1 rings (SSSR count). The van der Waals surface area contributed by atoms with Crippen molar-refractivity contribution in [2.24, 2.45) is 0 Å². The van der Waals surface area contributed by atoms with Crippen LogP contribution < -0.4 is 4.74 Å². The lowest BCUT2D eigenvalue weighted by Gasteiger charge is -2.18. The Morgan fingerprint density at radius 1 is 1.21 bits per heavy atom. The molecule has 0 bridgehead atoms. The molecule has 0 aliphatic carbocycles. The van der Waals surface area contributed by atoms with E-state index >= 15 is 0 Å². The van der Waals surface area contributed by atoms with Crippen LogP contribution in [0, 0.1) is 0 Å². The molecule has 1 N–H and O–H groups in total. The summed E-state index contributed by atoms with van der Waals surface area (Å²) in [4.78, 5) is 0. The van der Waals surface area contributed by atoms with Crippen molar-refractivity contribution >= 4 is 0 Å². The summed E-state index contributed by atoms with van der Waals surface area (Å²) in [6, 6.07) is 5.59. The zero-order valence-corrected chi connectivity index (χ0v) is 10.8. The van der Waals surface area contributed by atoms with Gasteiger partial charge in [0, 0.05) is 12.7 Å². The Morgan fingerprint density at radius 3 is 2.42 bits per heavy atom. The zero-order chi connectivity index (χ0) is 14.5. The second-order valence-corrected chi connectivity index (χ2v) is 4.23. The van der Waals surface area contributed by atoms with Gasteiger partial charge in [-0.2, -0.15) is 0 Å². The molecule has 0 aliphatic rings. The third-order valence-electron chi connectivity index (χ3n) is 2.75. The number of rotatable bonds is 6. The van der Waals surface area contributed by atoms with Gasteiger partial charge in [0.25, 0.3) is 0 Å². The van der Waals surface area contributed by atoms with Crippen LogP contribution in [0.2, 0.25) is 0 Å². The first-order chi connectivity index (χ1) is 8.83. The van der Waals surface area contributed by atoms with E-state index in [-0.39, 0.29) is 17.4 Å². The van der Waals surface area contributed by atoms with Gasteiger partial charge in [0.1, 0.15) is 5.75 Å². The van der Waals surface area contributed by atoms with Gasteiger partial charge in [0.2, 0.25) is 0 Å². The largest absolute Gasteiger partial charge is 0.573 e. The highest BCUT2D eigenvalue weighted by atomic mass is 19.4. The lowest BCUT2D eigenvalue weighted by atomic mass is 10.0. The van der Waals surface area contributed by atoms with Crippen LogP contribution in [0.15, 0.2) is 24.3 Å². The number of ether oxygens (including phenoxy) is 2. The van der Waals surface area contributed by atoms with Gasteiger partial charge in [-0.15, -0.1) is 13.2 Å². The maximum Gasteiger partial charge on any atom is 0.573 e. The molecule has 1 aromatic rings. The first-order valence-corrected chi connectivity index (χ1v) is 5.89. The molecule has 2 atom stereocenters. The Hall–Kier alpha value is -1.27. The maximum atomic E-state index is 12.2. The molecule has 6 heteroatoms. The molecule has 2 unspecified atom stereocenters. The van der Waals surface area contributed by atoms with Crippen LogP contribution in [-0.4, -0.2) is 24.7 Å². The van der Waals surface area contributed by atoms with E-state index in [0.717, 1.165) is 0 Å². The second kappa shape index (κ2) is 6.77. The molecule has 0 aliphatic heterocycles. The minimum atomic E-state index is -4.77. The van der Waals surface area contributed by atoms with Crippen molar-refractivity contribution in [2.45, 2.75) is 38.3 Å². The van der Waals surface area contributed by atoms with E-state index in [2.05, 4.69) is 4.74 Å². The summed E-state index contributed by atoms with van der Waals surface area (Å²) in [5, 5.41) is 9.94. The summed E-state index contributed by atoms with van der Waals surface area (Å²) in [6.07, 6.45) is -5.01. The molecular formula is C13H17F3O3. The molecular weight excluding hydrogens is 261 g/mol. The Kier molecular flexibility index (Phi) is 5.62. The molecule has 0 heterocycles. The monoisotopic (exact) mass is 278 g/mol. The van der Waals surface area contributed by atoms with Crippen LogP contribution in [0.4, 0.5) is 13.2 Å². The van der Waals surface area contributed by atoms with E-state index in [9.17, 15) is 18.3 Å². The Balaban J connectivity index is 2.76. The van der Waals surface area contributed by atoms with E-state index in [4.69, 9.17) is 4.74 Å². The molecule has 108 valence electrons. The first kappa shape index (κ1) is 15.8. The van der Waals surface area contributed by atoms with Crippen molar-refractivity contribution in [3.63, 3.8) is 0 Å². The van der Waals surface area contributed by atoms with E-state index < -0.39 is 12.5 Å².